The first-order valence-corrected chi connectivity index (χ1v) is 11.6. The quantitative estimate of drug-likeness (QED) is 0.322. The molecule has 12 heteroatoms. The molecule has 1 amide bonds. The smallest absolute Gasteiger partial charge is 0.462 e. The van der Waals surface area contributed by atoms with E-state index in [1.807, 2.05) is 0 Å². The van der Waals surface area contributed by atoms with Crippen LogP contribution in [0.2, 0.25) is 0 Å². The molecule has 0 aromatic heterocycles. The van der Waals surface area contributed by atoms with Crippen molar-refractivity contribution in [1.29, 1.82) is 5.26 Å². The Bertz CT molecular complexity index is 925. The van der Waals surface area contributed by atoms with Crippen molar-refractivity contribution in [3.63, 3.8) is 0 Å². The number of carbonyl (C=O) groups is 3. The first kappa shape index (κ1) is 24.6. The number of fused-ring (bicyclic) bond motifs is 1. The highest BCUT2D eigenvalue weighted by Crippen LogP contribution is 2.60. The summed E-state index contributed by atoms with van der Waals surface area (Å²) < 4.78 is 40.5. The highest BCUT2D eigenvalue weighted by Gasteiger charge is 2.62. The molecule has 2 fully saturated rings. The minimum atomic E-state index is -4.15. The monoisotopic (exact) mass is 470 g/mol. The van der Waals surface area contributed by atoms with Crippen molar-refractivity contribution in [3.8, 4) is 6.07 Å². The number of hydrogen-bond acceptors (Lipinski definition) is 10. The lowest BCUT2D eigenvalue weighted by molar-refractivity contribution is -0.160. The molecule has 0 bridgehead atoms. The average Bonchev–Trinajstić information content (AvgIpc) is 2.98. The van der Waals surface area contributed by atoms with Crippen LogP contribution in [0.4, 0.5) is 0 Å². The molecule has 5 atom stereocenters. The van der Waals surface area contributed by atoms with E-state index in [1.165, 1.54) is 24.1 Å². The predicted molar refractivity (Wildman–Crippen MR) is 107 cm³/mol. The predicted octanol–water partition coefficient (Wildman–Crippen LogP) is 2.07. The summed E-state index contributed by atoms with van der Waals surface area (Å²) in [5.41, 5.74) is -2.56. The fourth-order valence-electron chi connectivity index (χ4n) is 3.51. The van der Waals surface area contributed by atoms with Gasteiger partial charge in [-0.15, -0.1) is 0 Å². The number of amides is 1. The van der Waals surface area contributed by atoms with E-state index in [2.05, 4.69) is 6.07 Å². The zero-order valence-electron chi connectivity index (χ0n) is 18.6. The van der Waals surface area contributed by atoms with Gasteiger partial charge in [0.2, 0.25) is 5.91 Å². The lowest BCUT2D eigenvalue weighted by Crippen LogP contribution is -2.49. The summed E-state index contributed by atoms with van der Waals surface area (Å²) in [6.07, 6.45) is -1.08. The van der Waals surface area contributed by atoms with Gasteiger partial charge in [0.1, 0.15) is 17.6 Å². The molecule has 3 rings (SSSR count). The Balaban J connectivity index is 1.75. The largest absolute Gasteiger partial charge is 0.475 e. The number of ketones is 1. The van der Waals surface area contributed by atoms with Gasteiger partial charge >= 0.3 is 13.8 Å². The van der Waals surface area contributed by atoms with Gasteiger partial charge < -0.3 is 9.47 Å². The Hall–Kier alpha value is -2.09. The van der Waals surface area contributed by atoms with E-state index >= 15 is 0 Å². The molecule has 0 N–H and O–H groups in total. The van der Waals surface area contributed by atoms with Crippen molar-refractivity contribution in [2.45, 2.75) is 65.6 Å². The Labute approximate surface area is 186 Å². The van der Waals surface area contributed by atoms with E-state index in [0.29, 0.717) is 0 Å². The fourth-order valence-corrected chi connectivity index (χ4v) is 5.15. The van der Waals surface area contributed by atoms with Crippen molar-refractivity contribution in [2.75, 3.05) is 13.2 Å². The first-order chi connectivity index (χ1) is 14.8. The maximum atomic E-state index is 13.1. The van der Waals surface area contributed by atoms with Crippen molar-refractivity contribution < 1.29 is 42.0 Å². The third-order valence-corrected chi connectivity index (χ3v) is 6.79. The molecule has 0 aromatic carbocycles. The van der Waals surface area contributed by atoms with Crippen molar-refractivity contribution >= 4 is 25.5 Å². The molecule has 0 spiro atoms. The maximum absolute atomic E-state index is 13.1. The summed E-state index contributed by atoms with van der Waals surface area (Å²) in [6, 6.07) is 2.10. The molecule has 176 valence electrons. The number of allylic oxidation sites excluding steroid dienone is 1. The second kappa shape index (κ2) is 8.69. The van der Waals surface area contributed by atoms with Crippen LogP contribution < -0.4 is 0 Å². The lowest BCUT2D eigenvalue weighted by Gasteiger charge is -2.36. The molecule has 0 saturated carbocycles. The number of nitriles is 1. The van der Waals surface area contributed by atoms with Gasteiger partial charge in [0, 0.05) is 6.20 Å². The maximum Gasteiger partial charge on any atom is 0.475 e. The van der Waals surface area contributed by atoms with Gasteiger partial charge in [-0.25, -0.2) is 4.57 Å². The summed E-state index contributed by atoms with van der Waals surface area (Å²) >= 11 is 0. The average molecular weight is 470 g/mol. The van der Waals surface area contributed by atoms with Crippen LogP contribution in [0, 0.1) is 22.2 Å². The Morgan fingerprint density at radius 1 is 1.44 bits per heavy atom. The van der Waals surface area contributed by atoms with Crippen molar-refractivity contribution in [3.05, 3.63) is 12.3 Å². The van der Waals surface area contributed by atoms with Gasteiger partial charge in [-0.2, -0.15) is 5.26 Å². The van der Waals surface area contributed by atoms with Crippen LogP contribution in [-0.4, -0.2) is 60.3 Å². The normalized spacial score (nSPS) is 35.0. The van der Waals surface area contributed by atoms with Crippen LogP contribution in [0.5, 0.6) is 0 Å². The number of rotatable bonds is 6. The van der Waals surface area contributed by atoms with Crippen molar-refractivity contribution in [1.82, 2.24) is 4.90 Å². The highest BCUT2D eigenvalue weighted by molar-refractivity contribution is 7.48. The van der Waals surface area contributed by atoms with E-state index in [4.69, 9.17) is 23.0 Å². The van der Waals surface area contributed by atoms with Gasteiger partial charge in [-0.3, -0.25) is 32.9 Å². The third kappa shape index (κ3) is 4.65. The topological polar surface area (TPSA) is 141 Å². The van der Waals surface area contributed by atoms with Gasteiger partial charge in [0.15, 0.2) is 12.0 Å². The number of carbonyl (C=O) groups excluding carboxylic acids is 3. The van der Waals surface area contributed by atoms with E-state index < -0.39 is 49.0 Å². The van der Waals surface area contributed by atoms with E-state index in [0.717, 1.165) is 0 Å². The highest BCUT2D eigenvalue weighted by atomic mass is 31.2. The second-order valence-electron chi connectivity index (χ2n) is 9.06. The number of hydrogen-bond donors (Lipinski definition) is 0. The van der Waals surface area contributed by atoms with E-state index in [1.54, 1.807) is 27.7 Å². The molecule has 0 aliphatic carbocycles. The summed E-state index contributed by atoms with van der Waals surface area (Å²) in [6.45, 7) is 7.55. The van der Waals surface area contributed by atoms with E-state index in [-0.39, 0.29) is 31.5 Å². The summed E-state index contributed by atoms with van der Waals surface area (Å²) in [5.74, 6) is -1.41. The molecule has 2 saturated heterocycles. The van der Waals surface area contributed by atoms with Crippen LogP contribution in [0.3, 0.4) is 0 Å². The van der Waals surface area contributed by atoms with Gasteiger partial charge in [-0.1, -0.05) is 0 Å². The van der Waals surface area contributed by atoms with Gasteiger partial charge in [0.25, 0.3) is 0 Å². The number of nitrogens with zero attached hydrogens (tertiary/aromatic N) is 2. The molecule has 3 aliphatic rings. The summed E-state index contributed by atoms with van der Waals surface area (Å²) in [4.78, 5) is 37.3. The molecular weight excluding hydrogens is 443 g/mol. The second-order valence-corrected chi connectivity index (χ2v) is 10.7. The standard InChI is InChI=1S/C20H27N2O9P/c1-12(2)29-18(25)19(3,4)11-28-32(26)27-9-14-16(31-32)20(5,10-21)17(30-14)22-7-6-13(23)8-15(22)24/h6-7,12,14,16-17H,8-9,11H2,1-5H3/t14-,16-,17-,20-,32+/m1/s1. The minimum Gasteiger partial charge on any atom is -0.462 e. The lowest BCUT2D eigenvalue weighted by atomic mass is 9.83. The molecule has 0 aromatic rings. The SMILES string of the molecule is CC(C)OC(=O)C(C)(C)CO[P@]1(=O)OC[C@H]2O[C@@H](N3C=CC(=O)CC3=O)[C@](C)(C#N)[C@@H]2O1. The van der Waals surface area contributed by atoms with Crippen LogP contribution in [0.25, 0.3) is 0 Å². The molecule has 3 aliphatic heterocycles. The third-order valence-electron chi connectivity index (χ3n) is 5.39. The number of ether oxygens (including phenoxy) is 2. The molecule has 3 heterocycles. The van der Waals surface area contributed by atoms with E-state index in [9.17, 15) is 24.2 Å². The molecule has 0 unspecified atom stereocenters. The van der Waals surface area contributed by atoms with Crippen LogP contribution >= 0.6 is 7.82 Å². The van der Waals surface area contributed by atoms with Crippen LogP contribution in [-0.2, 0) is 42.0 Å². The summed E-state index contributed by atoms with van der Waals surface area (Å²) in [7, 11) is -4.15. The van der Waals surface area contributed by atoms with Gasteiger partial charge in [-0.05, 0) is 40.7 Å². The first-order valence-electron chi connectivity index (χ1n) is 10.2. The Kier molecular flexibility index (Phi) is 6.67. The van der Waals surface area contributed by atoms with Crippen LogP contribution in [0.1, 0.15) is 41.0 Å². The number of phosphoric acid groups is 1. The Morgan fingerprint density at radius 2 is 2.12 bits per heavy atom. The summed E-state index contributed by atoms with van der Waals surface area (Å²) in [5, 5.41) is 9.92. The minimum absolute atomic E-state index is 0.211. The van der Waals surface area contributed by atoms with Crippen molar-refractivity contribution in [2.24, 2.45) is 10.8 Å². The zero-order chi connectivity index (χ0) is 23.9. The number of phosphoric ester groups is 1. The molecule has 0 radical (unpaired) electrons. The molecule has 32 heavy (non-hydrogen) atoms. The Morgan fingerprint density at radius 3 is 2.72 bits per heavy atom. The molecular formula is C20H27N2O9P. The fraction of sp³-hybridized carbons (Fsp3) is 0.700. The van der Waals surface area contributed by atoms with Crippen LogP contribution in [0.15, 0.2) is 12.3 Å². The molecule has 11 nitrogen and oxygen atoms in total. The zero-order valence-corrected chi connectivity index (χ0v) is 19.5. The van der Waals surface area contributed by atoms with Gasteiger partial charge in [0.05, 0.1) is 37.2 Å². The number of esters is 1.